The van der Waals surface area contributed by atoms with E-state index in [9.17, 15) is 0 Å². The molecule has 0 heterocycles. The molecule has 0 aromatic heterocycles. The van der Waals surface area contributed by atoms with Crippen LogP contribution in [-0.2, 0) is 131 Å². The molecule has 0 aliphatic heterocycles. The third-order valence-corrected chi connectivity index (χ3v) is 9.32. The van der Waals surface area contributed by atoms with Gasteiger partial charge in [-0.3, -0.25) is 0 Å². The van der Waals surface area contributed by atoms with Crippen molar-refractivity contribution >= 4 is 0 Å². The summed E-state index contributed by atoms with van der Waals surface area (Å²) in [6.45, 7) is 33.8. The average Bonchev–Trinajstić information content (AvgIpc) is 3.09. The van der Waals surface area contributed by atoms with Crippen LogP contribution in [0.1, 0.15) is 89.0 Å². The summed E-state index contributed by atoms with van der Waals surface area (Å²) in [5.41, 5.74) is 21.4. The Morgan fingerprint density at radius 3 is 1.07 bits per heavy atom. The standard InChI is InChI=1S/C9H12.C9H11.C9H12.C9H11.2C8H9.4Y/c2*1-7-4-5-8(2)9(3)6-7;2*1-7-5-4-6-8(2)9(7)3;1-7-4-3-5-8(2)6-7;1-7-5-3-4-6-8(7)2;;;;/h4-6H,1-3H3;5-6H,1-3H3;4-6H,1-3H3;5-6H,1-3H3;4-6H,1-2H3;3,5-6H,1-2H3;;;;/q;-1;;3*-1;;;;. The quantitative estimate of drug-likeness (QED) is 0.133. The Balaban J connectivity index is -0.000000286. The maximum Gasteiger partial charge on any atom is 0 e. The first-order valence-corrected chi connectivity index (χ1v) is 18.3. The van der Waals surface area contributed by atoms with E-state index in [2.05, 4.69) is 190 Å². The fraction of sp³-hybridized carbons (Fsp3) is 0.308. The third kappa shape index (κ3) is 26.8. The Kier molecular flexibility index (Phi) is 38.4. The summed E-state index contributed by atoms with van der Waals surface area (Å²) < 4.78 is 0. The first-order chi connectivity index (χ1) is 24.4. The molecule has 0 fully saturated rings. The molecule has 6 aromatic rings. The van der Waals surface area contributed by atoms with E-state index < -0.39 is 0 Å². The Morgan fingerprint density at radius 1 is 0.304 bits per heavy atom. The maximum absolute atomic E-state index is 3.14. The number of hydrogen-bond acceptors (Lipinski definition) is 0. The van der Waals surface area contributed by atoms with Crippen molar-refractivity contribution in [2.45, 2.75) is 111 Å². The summed E-state index contributed by atoms with van der Waals surface area (Å²) >= 11 is 0. The largest absolute Gasteiger partial charge is 0.184 e. The number of aryl methyl sites for hydroxylation is 14. The predicted molar refractivity (Wildman–Crippen MR) is 230 cm³/mol. The second kappa shape index (κ2) is 34.4. The molecule has 0 saturated heterocycles. The minimum absolute atomic E-state index is 0. The van der Waals surface area contributed by atoms with Crippen molar-refractivity contribution in [3.8, 4) is 0 Å². The predicted octanol–water partition coefficient (Wildman–Crippen LogP) is 14.2. The molecule has 56 heavy (non-hydrogen) atoms. The maximum atomic E-state index is 3.14. The van der Waals surface area contributed by atoms with Gasteiger partial charge < -0.3 is 0 Å². The van der Waals surface area contributed by atoms with Gasteiger partial charge in [0.2, 0.25) is 0 Å². The van der Waals surface area contributed by atoms with E-state index >= 15 is 0 Å². The van der Waals surface area contributed by atoms with Gasteiger partial charge in [0.05, 0.1) is 0 Å². The fourth-order valence-electron chi connectivity index (χ4n) is 4.76. The van der Waals surface area contributed by atoms with Crippen molar-refractivity contribution in [2.75, 3.05) is 0 Å². The summed E-state index contributed by atoms with van der Waals surface area (Å²) in [5.74, 6) is 0. The van der Waals surface area contributed by atoms with E-state index in [0.717, 1.165) is 0 Å². The van der Waals surface area contributed by atoms with Crippen LogP contribution in [0.4, 0.5) is 0 Å². The van der Waals surface area contributed by atoms with Gasteiger partial charge in [0.1, 0.15) is 0 Å². The molecule has 4 radical (unpaired) electrons. The van der Waals surface area contributed by atoms with Crippen molar-refractivity contribution in [1.82, 2.24) is 0 Å². The molecule has 0 nitrogen and oxygen atoms in total. The molecular weight excluding hydrogens is 980 g/mol. The van der Waals surface area contributed by atoms with Crippen molar-refractivity contribution in [3.63, 3.8) is 0 Å². The zero-order chi connectivity index (χ0) is 39.4. The van der Waals surface area contributed by atoms with Crippen LogP contribution in [0.2, 0.25) is 0 Å². The van der Waals surface area contributed by atoms with Gasteiger partial charge in [-0.05, 0) is 69.4 Å². The van der Waals surface area contributed by atoms with Gasteiger partial charge in [0.15, 0.2) is 0 Å². The van der Waals surface area contributed by atoms with Crippen LogP contribution in [0.25, 0.3) is 0 Å². The Labute approximate surface area is 445 Å². The Hall–Kier alpha value is -0.264. The molecule has 0 N–H and O–H groups in total. The Morgan fingerprint density at radius 2 is 0.732 bits per heavy atom. The topological polar surface area (TPSA) is 0 Å². The van der Waals surface area contributed by atoms with Crippen LogP contribution in [0.3, 0.4) is 0 Å². The molecule has 4 heteroatoms. The molecule has 0 aliphatic rings. The van der Waals surface area contributed by atoms with Crippen LogP contribution >= 0.6 is 0 Å². The normalized spacial score (nSPS) is 8.86. The molecule has 0 spiro atoms. The zero-order valence-electron chi connectivity index (χ0n) is 37.5. The smallest absolute Gasteiger partial charge is 0 e. The number of hydrogen-bond donors (Lipinski definition) is 0. The van der Waals surface area contributed by atoms with E-state index in [-0.39, 0.29) is 131 Å². The molecule has 0 aliphatic carbocycles. The van der Waals surface area contributed by atoms with Crippen molar-refractivity contribution in [2.24, 2.45) is 0 Å². The summed E-state index contributed by atoms with van der Waals surface area (Å²) in [4.78, 5) is 0. The van der Waals surface area contributed by atoms with Crippen LogP contribution < -0.4 is 0 Å². The van der Waals surface area contributed by atoms with E-state index in [4.69, 9.17) is 0 Å². The van der Waals surface area contributed by atoms with Gasteiger partial charge >= 0.3 is 0 Å². The summed E-state index contributed by atoms with van der Waals surface area (Å²) in [6.07, 6.45) is 0. The van der Waals surface area contributed by atoms with Crippen LogP contribution in [0.15, 0.2) is 97.1 Å². The number of benzene rings is 6. The molecule has 0 saturated carbocycles. The second-order valence-corrected chi connectivity index (χ2v) is 14.1. The SMILES string of the molecule is Cc1[c-]cc(C)c(C)c1.Cc1c[c-]cc(C)c1.Cc1c[c-]cc(C)c1C.Cc1c[c-]ccc1C.Cc1ccc(C)c(C)c1.Cc1cccc(C)c1C.[Y].[Y].[Y].[Y]. The molecule has 0 amide bonds. The first-order valence-electron chi connectivity index (χ1n) is 18.3. The minimum Gasteiger partial charge on any atom is -0.184 e. The fourth-order valence-corrected chi connectivity index (χ4v) is 4.76. The van der Waals surface area contributed by atoms with Gasteiger partial charge in [0, 0.05) is 131 Å². The van der Waals surface area contributed by atoms with Gasteiger partial charge in [0.25, 0.3) is 0 Å². The van der Waals surface area contributed by atoms with Crippen LogP contribution in [-0.4, -0.2) is 0 Å². The zero-order valence-corrected chi connectivity index (χ0v) is 48.9. The van der Waals surface area contributed by atoms with Crippen molar-refractivity contribution < 1.29 is 131 Å². The molecular formula is C52H64Y4-4. The molecule has 6 aromatic carbocycles. The Bertz CT molecular complexity index is 1780. The van der Waals surface area contributed by atoms with E-state index in [0.29, 0.717) is 0 Å². The molecule has 0 unspecified atom stereocenters. The van der Waals surface area contributed by atoms with Gasteiger partial charge in [-0.2, -0.15) is 141 Å². The summed E-state index contributed by atoms with van der Waals surface area (Å²) in [5, 5.41) is 0. The number of rotatable bonds is 0. The molecule has 0 bridgehead atoms. The van der Waals surface area contributed by atoms with Gasteiger partial charge in [-0.25, -0.2) is 0 Å². The molecule has 288 valence electrons. The monoisotopic (exact) mass is 1040 g/mol. The van der Waals surface area contributed by atoms with Crippen molar-refractivity contribution in [3.05, 3.63) is 210 Å². The van der Waals surface area contributed by atoms with Crippen LogP contribution in [0.5, 0.6) is 0 Å². The van der Waals surface area contributed by atoms with Crippen LogP contribution in [0, 0.1) is 135 Å². The molecule has 0 atom stereocenters. The van der Waals surface area contributed by atoms with E-state index in [1.54, 1.807) is 0 Å². The van der Waals surface area contributed by atoms with Gasteiger partial charge in [-0.15, -0.1) is 0 Å². The average molecular weight is 1040 g/mol. The minimum atomic E-state index is 0. The van der Waals surface area contributed by atoms with E-state index in [1.807, 2.05) is 42.5 Å². The summed E-state index contributed by atoms with van der Waals surface area (Å²) in [6, 6.07) is 45.4. The first kappa shape index (κ1) is 62.4. The third-order valence-electron chi connectivity index (χ3n) is 9.32. The molecule has 6 rings (SSSR count). The summed E-state index contributed by atoms with van der Waals surface area (Å²) in [7, 11) is 0. The second-order valence-electron chi connectivity index (χ2n) is 14.1. The van der Waals surface area contributed by atoms with E-state index in [1.165, 1.54) is 89.0 Å². The van der Waals surface area contributed by atoms with Crippen molar-refractivity contribution in [1.29, 1.82) is 0 Å². The van der Waals surface area contributed by atoms with Gasteiger partial charge in [-0.1, -0.05) is 111 Å².